The lowest BCUT2D eigenvalue weighted by Crippen LogP contribution is -2.38. The average Bonchev–Trinajstić information content (AvgIpc) is 3.12. The van der Waals surface area contributed by atoms with Crippen LogP contribution in [-0.2, 0) is 16.6 Å². The van der Waals surface area contributed by atoms with E-state index < -0.39 is 15.8 Å². The molecule has 0 amide bonds. The molecule has 5 rings (SSSR count). The fraction of sp³-hybridized carbons (Fsp3) is 0.286. The smallest absolute Gasteiger partial charge is 0.243 e. The molecule has 0 unspecified atom stereocenters. The van der Waals surface area contributed by atoms with Crippen LogP contribution in [0.25, 0.3) is 10.9 Å². The third-order valence-corrected chi connectivity index (χ3v) is 9.42. The number of piperidine rings is 1. The first-order valence-corrected chi connectivity index (χ1v) is 13.7. The minimum absolute atomic E-state index is 0.0604. The summed E-state index contributed by atoms with van der Waals surface area (Å²) in [6.07, 6.45) is 1.44. The predicted octanol–water partition coefficient (Wildman–Crippen LogP) is 6.67. The van der Waals surface area contributed by atoms with Gasteiger partial charge in [-0.15, -0.1) is 0 Å². The Hall–Kier alpha value is -2.67. The molecule has 1 aromatic heterocycles. The largest absolute Gasteiger partial charge is 0.340 e. The fourth-order valence-electron chi connectivity index (χ4n) is 5.37. The molecule has 1 aliphatic heterocycles. The van der Waals surface area contributed by atoms with Crippen molar-refractivity contribution in [3.63, 3.8) is 0 Å². The quantitative estimate of drug-likeness (QED) is 0.301. The van der Waals surface area contributed by atoms with Gasteiger partial charge in [-0.1, -0.05) is 48.0 Å². The van der Waals surface area contributed by atoms with Gasteiger partial charge >= 0.3 is 0 Å². The second-order valence-corrected chi connectivity index (χ2v) is 11.7. The molecule has 0 spiro atoms. The maximum absolute atomic E-state index is 13.8. The summed E-state index contributed by atoms with van der Waals surface area (Å²) >= 11 is 6.23. The van der Waals surface area contributed by atoms with Crippen LogP contribution in [0.3, 0.4) is 0 Å². The van der Waals surface area contributed by atoms with Crippen LogP contribution in [0, 0.1) is 19.7 Å². The van der Waals surface area contributed by atoms with E-state index in [1.54, 1.807) is 6.92 Å². The highest BCUT2D eigenvalue weighted by atomic mass is 35.5. The second kappa shape index (κ2) is 9.41. The Morgan fingerprint density at radius 1 is 0.971 bits per heavy atom. The number of aromatic nitrogens is 1. The fourth-order valence-corrected chi connectivity index (χ4v) is 7.29. The number of aryl methyl sites for hydroxylation is 1. The molecule has 0 saturated carbocycles. The summed E-state index contributed by atoms with van der Waals surface area (Å²) in [5.41, 5.74) is 5.37. The highest BCUT2D eigenvalue weighted by Gasteiger charge is 2.33. The topological polar surface area (TPSA) is 42.3 Å². The lowest BCUT2D eigenvalue weighted by atomic mass is 9.88. The number of para-hydroxylation sites is 1. The summed E-state index contributed by atoms with van der Waals surface area (Å²) in [5, 5.41) is 1.94. The van der Waals surface area contributed by atoms with Gasteiger partial charge in [0.2, 0.25) is 10.0 Å². The maximum atomic E-state index is 13.8. The highest BCUT2D eigenvalue weighted by molar-refractivity contribution is 7.89. The third kappa shape index (κ3) is 4.51. The van der Waals surface area contributed by atoms with E-state index in [9.17, 15) is 12.8 Å². The summed E-state index contributed by atoms with van der Waals surface area (Å²) < 4.78 is 44.2. The summed E-state index contributed by atoms with van der Waals surface area (Å²) in [5.74, 6) is -0.284. The van der Waals surface area contributed by atoms with E-state index in [-0.39, 0.29) is 10.8 Å². The van der Waals surface area contributed by atoms with Crippen LogP contribution in [-0.4, -0.2) is 30.4 Å². The van der Waals surface area contributed by atoms with Crippen molar-refractivity contribution >= 4 is 32.5 Å². The van der Waals surface area contributed by atoms with Crippen molar-refractivity contribution in [2.75, 3.05) is 13.1 Å². The van der Waals surface area contributed by atoms with E-state index >= 15 is 0 Å². The number of hydrogen-bond donors (Lipinski definition) is 0. The molecule has 0 radical (unpaired) electrons. The Balaban J connectivity index is 1.44. The Morgan fingerprint density at radius 3 is 2.46 bits per heavy atom. The van der Waals surface area contributed by atoms with Gasteiger partial charge in [0.05, 0.1) is 4.90 Å². The van der Waals surface area contributed by atoms with Gasteiger partial charge in [0.1, 0.15) is 5.82 Å². The summed E-state index contributed by atoms with van der Waals surface area (Å²) in [7, 11) is -3.74. The van der Waals surface area contributed by atoms with Crippen molar-refractivity contribution in [1.82, 2.24) is 8.87 Å². The zero-order valence-corrected chi connectivity index (χ0v) is 21.4. The van der Waals surface area contributed by atoms with Crippen LogP contribution >= 0.6 is 11.6 Å². The van der Waals surface area contributed by atoms with E-state index in [0.717, 1.165) is 36.0 Å². The van der Waals surface area contributed by atoms with Gasteiger partial charge in [0.15, 0.2) is 0 Å². The zero-order valence-electron chi connectivity index (χ0n) is 19.8. The first kappa shape index (κ1) is 24.0. The molecule has 0 aliphatic carbocycles. The van der Waals surface area contributed by atoms with Gasteiger partial charge in [-0.25, -0.2) is 12.8 Å². The molecule has 0 atom stereocenters. The number of benzene rings is 3. The summed E-state index contributed by atoms with van der Waals surface area (Å²) in [4.78, 5) is 0.0604. The molecule has 7 heteroatoms. The average molecular weight is 511 g/mol. The molecular formula is C28H28ClFN2O2S. The molecule has 0 bridgehead atoms. The minimum Gasteiger partial charge on any atom is -0.340 e. The second-order valence-electron chi connectivity index (χ2n) is 9.32. The lowest BCUT2D eigenvalue weighted by molar-refractivity contribution is 0.319. The Morgan fingerprint density at radius 2 is 1.71 bits per heavy atom. The molecular weight excluding hydrogens is 483 g/mol. The normalized spacial score (nSPS) is 15.7. The van der Waals surface area contributed by atoms with Gasteiger partial charge < -0.3 is 4.57 Å². The molecule has 1 saturated heterocycles. The molecule has 3 aromatic carbocycles. The van der Waals surface area contributed by atoms with Crippen molar-refractivity contribution in [3.05, 3.63) is 100.0 Å². The molecule has 4 aromatic rings. The summed E-state index contributed by atoms with van der Waals surface area (Å²) in [6, 6.07) is 20.3. The van der Waals surface area contributed by atoms with Crippen molar-refractivity contribution in [2.45, 2.75) is 44.0 Å². The molecule has 1 fully saturated rings. The zero-order chi connectivity index (χ0) is 24.7. The summed E-state index contributed by atoms with van der Waals surface area (Å²) in [6.45, 7) is 5.40. The van der Waals surface area contributed by atoms with E-state index in [2.05, 4.69) is 41.8 Å². The van der Waals surface area contributed by atoms with E-state index in [1.807, 2.05) is 18.2 Å². The number of sulfonamides is 1. The first-order chi connectivity index (χ1) is 16.8. The van der Waals surface area contributed by atoms with Crippen LogP contribution in [0.5, 0.6) is 0 Å². The Labute approximate surface area is 211 Å². The van der Waals surface area contributed by atoms with Crippen molar-refractivity contribution in [2.24, 2.45) is 0 Å². The molecule has 182 valence electrons. The predicted molar refractivity (Wildman–Crippen MR) is 139 cm³/mol. The van der Waals surface area contributed by atoms with Gasteiger partial charge in [0.25, 0.3) is 0 Å². The van der Waals surface area contributed by atoms with Gasteiger partial charge in [0, 0.05) is 41.3 Å². The monoisotopic (exact) mass is 510 g/mol. The Bertz CT molecular complexity index is 1500. The standard InChI is InChI=1S/C28H28ClFN2O2S/c1-19-10-11-24(30)17-27(19)35(33,34)31-14-12-22(13-15-31)28-20(2)32(26-9-4-3-8-25(26)28)18-21-6-5-7-23(29)16-21/h3-11,16-17,22H,12-15,18H2,1-2H3. The maximum Gasteiger partial charge on any atom is 0.243 e. The molecule has 2 heterocycles. The number of halogens is 2. The first-order valence-electron chi connectivity index (χ1n) is 11.8. The van der Waals surface area contributed by atoms with E-state index in [1.165, 1.54) is 38.6 Å². The number of hydrogen-bond acceptors (Lipinski definition) is 2. The third-order valence-electron chi connectivity index (χ3n) is 7.14. The SMILES string of the molecule is Cc1ccc(F)cc1S(=O)(=O)N1CCC(c2c(C)n(Cc3cccc(Cl)c3)c3ccccc23)CC1. The van der Waals surface area contributed by atoms with Crippen LogP contribution in [0.1, 0.15) is 41.1 Å². The van der Waals surface area contributed by atoms with Gasteiger partial charge in [-0.05, 0) is 79.6 Å². The van der Waals surface area contributed by atoms with Crippen molar-refractivity contribution < 1.29 is 12.8 Å². The van der Waals surface area contributed by atoms with Crippen molar-refractivity contribution in [1.29, 1.82) is 0 Å². The van der Waals surface area contributed by atoms with E-state index in [4.69, 9.17) is 11.6 Å². The molecule has 0 N–H and O–H groups in total. The van der Waals surface area contributed by atoms with Crippen molar-refractivity contribution in [3.8, 4) is 0 Å². The minimum atomic E-state index is -3.74. The van der Waals surface area contributed by atoms with Gasteiger partial charge in [-0.3, -0.25) is 0 Å². The van der Waals surface area contributed by atoms with Crippen LogP contribution in [0.4, 0.5) is 4.39 Å². The number of fused-ring (bicyclic) bond motifs is 1. The number of nitrogens with zero attached hydrogens (tertiary/aromatic N) is 2. The van der Waals surface area contributed by atoms with Crippen LogP contribution < -0.4 is 0 Å². The molecule has 4 nitrogen and oxygen atoms in total. The van der Waals surface area contributed by atoms with Crippen LogP contribution in [0.2, 0.25) is 5.02 Å². The van der Waals surface area contributed by atoms with Crippen LogP contribution in [0.15, 0.2) is 71.6 Å². The lowest BCUT2D eigenvalue weighted by Gasteiger charge is -2.32. The number of rotatable bonds is 5. The molecule has 1 aliphatic rings. The van der Waals surface area contributed by atoms with Gasteiger partial charge in [-0.2, -0.15) is 4.31 Å². The highest BCUT2D eigenvalue weighted by Crippen LogP contribution is 2.39. The van der Waals surface area contributed by atoms with E-state index in [0.29, 0.717) is 18.7 Å². The Kier molecular flexibility index (Phi) is 6.47. The molecule has 35 heavy (non-hydrogen) atoms.